The van der Waals surface area contributed by atoms with Crippen LogP contribution in [0.25, 0.3) is 0 Å². The average molecular weight is 1100 g/mol. The normalized spacial score (nSPS) is 11.6. The van der Waals surface area contributed by atoms with Crippen LogP contribution in [0.1, 0.15) is 144 Å². The molecule has 0 heterocycles. The lowest BCUT2D eigenvalue weighted by Gasteiger charge is -2.37. The minimum Gasteiger partial charge on any atom is -0.444 e. The number of carbonyl (C=O) groups is 8. The number of rotatable bonds is 33. The maximum Gasteiger partial charge on any atom is 0.407 e. The van der Waals surface area contributed by atoms with Crippen molar-refractivity contribution in [2.75, 3.05) is 92.5 Å². The van der Waals surface area contributed by atoms with E-state index < -0.39 is 52.2 Å². The van der Waals surface area contributed by atoms with Gasteiger partial charge in [0.25, 0.3) is 5.91 Å². The molecule has 10 N–H and O–H groups in total. The number of nitrogens with zero attached hydrogens (tertiary/aromatic N) is 1. The average Bonchev–Trinajstić information content (AvgIpc) is 3.31. The van der Waals surface area contributed by atoms with Crippen LogP contribution in [0, 0.1) is 0 Å². The molecular weight excluding hydrogens is 1000 g/mol. The number of amides is 9. The number of nitrogens with two attached hydrogens (primary N) is 1. The standard InChI is InChI=1S/C51H90N10O14.C2H6/c1-47(2,3)73-44(67)56-26-13-23-53-39(62)20-29-70-34-51(35-71-30-21-40(63)54-24-14-27-57-45(68)74-48(4,5)6,36-72-31-22-41(64)55-25-15-28-58-46(69)75-49(7,8)9)60-43(66)61(12)33-50(10,11)59-42(65)38-18-16-37(32-52)17-19-38;1-2/h16-19H,13-15,20-36,52H2,1-12H3,(H,53,62)(H,54,63)(H,55,64)(H,56,67)(H,57,68)(H,58,69)(H,59,65)(H,60,66);1-2H3. The Hall–Kier alpha value is -5.98. The van der Waals surface area contributed by atoms with Gasteiger partial charge in [-0.15, -0.1) is 0 Å². The number of benzene rings is 1. The fourth-order valence-electron chi connectivity index (χ4n) is 6.46. The van der Waals surface area contributed by atoms with Crippen LogP contribution < -0.4 is 48.3 Å². The summed E-state index contributed by atoms with van der Waals surface area (Å²) in [5.41, 5.74) is 2.66. The molecule has 0 bridgehead atoms. The molecule has 1 aromatic carbocycles. The van der Waals surface area contributed by atoms with Crippen LogP contribution >= 0.6 is 0 Å². The molecule has 0 aliphatic rings. The molecule has 0 radical (unpaired) electrons. The van der Waals surface area contributed by atoms with Crippen molar-refractivity contribution < 1.29 is 66.8 Å². The number of carbonyl (C=O) groups excluding carboxylic acids is 8. The predicted octanol–water partition coefficient (Wildman–Crippen LogP) is 4.37. The molecule has 0 saturated heterocycles. The molecule has 0 spiro atoms. The van der Waals surface area contributed by atoms with Crippen molar-refractivity contribution in [3.63, 3.8) is 0 Å². The molecular formula is C53H96N10O14. The fourth-order valence-corrected chi connectivity index (χ4v) is 6.46. The Bertz CT molecular complexity index is 1790. The van der Waals surface area contributed by atoms with E-state index in [9.17, 15) is 38.4 Å². The van der Waals surface area contributed by atoms with Gasteiger partial charge in [-0.3, -0.25) is 19.2 Å². The van der Waals surface area contributed by atoms with Crippen molar-refractivity contribution >= 4 is 47.9 Å². The fraction of sp³-hybridized carbons (Fsp3) is 0.736. The Morgan fingerprint density at radius 2 is 0.818 bits per heavy atom. The van der Waals surface area contributed by atoms with Crippen molar-refractivity contribution in [1.29, 1.82) is 0 Å². The smallest absolute Gasteiger partial charge is 0.407 e. The van der Waals surface area contributed by atoms with Crippen LogP contribution in [-0.2, 0) is 49.3 Å². The van der Waals surface area contributed by atoms with E-state index in [0.29, 0.717) is 31.4 Å². The lowest BCUT2D eigenvalue weighted by Crippen LogP contribution is -2.62. The van der Waals surface area contributed by atoms with Gasteiger partial charge in [0.1, 0.15) is 22.3 Å². The van der Waals surface area contributed by atoms with Crippen LogP contribution in [-0.4, -0.2) is 173 Å². The number of hydrogen-bond acceptors (Lipinski definition) is 15. The van der Waals surface area contributed by atoms with E-state index in [1.807, 2.05) is 13.8 Å². The van der Waals surface area contributed by atoms with Gasteiger partial charge in [-0.1, -0.05) is 26.0 Å². The maximum atomic E-state index is 14.2. The zero-order valence-corrected chi connectivity index (χ0v) is 48.7. The van der Waals surface area contributed by atoms with Gasteiger partial charge in [-0.05, 0) is 113 Å². The first-order valence-electron chi connectivity index (χ1n) is 26.5. The zero-order valence-electron chi connectivity index (χ0n) is 48.7. The second kappa shape index (κ2) is 36.9. The Kier molecular flexibility index (Phi) is 34.1. The first-order chi connectivity index (χ1) is 35.9. The summed E-state index contributed by atoms with van der Waals surface area (Å²) in [4.78, 5) is 103. The summed E-state index contributed by atoms with van der Waals surface area (Å²) in [6.07, 6.45) is -0.543. The van der Waals surface area contributed by atoms with E-state index in [0.717, 1.165) is 5.56 Å². The highest BCUT2D eigenvalue weighted by molar-refractivity contribution is 5.94. The van der Waals surface area contributed by atoms with Gasteiger partial charge < -0.3 is 81.6 Å². The molecule has 9 amide bonds. The van der Waals surface area contributed by atoms with Crippen LogP contribution in [0.5, 0.6) is 0 Å². The number of ether oxygens (including phenoxy) is 6. The summed E-state index contributed by atoms with van der Waals surface area (Å²) in [7, 11) is 1.54. The van der Waals surface area contributed by atoms with Crippen molar-refractivity contribution in [3.8, 4) is 0 Å². The quantitative estimate of drug-likeness (QED) is 0.0349. The zero-order chi connectivity index (χ0) is 58.7. The first-order valence-corrected chi connectivity index (χ1v) is 26.5. The molecule has 0 unspecified atom stereocenters. The van der Waals surface area contributed by atoms with Gasteiger partial charge in [0, 0.05) is 84.2 Å². The van der Waals surface area contributed by atoms with Crippen LogP contribution in [0.2, 0.25) is 0 Å². The highest BCUT2D eigenvalue weighted by Gasteiger charge is 2.36. The minimum atomic E-state index is -1.46. The predicted molar refractivity (Wildman–Crippen MR) is 293 cm³/mol. The van der Waals surface area contributed by atoms with Crippen molar-refractivity contribution in [1.82, 2.24) is 47.4 Å². The minimum absolute atomic E-state index is 0.0402. The van der Waals surface area contributed by atoms with Crippen LogP contribution in [0.15, 0.2) is 24.3 Å². The third kappa shape index (κ3) is 38.3. The highest BCUT2D eigenvalue weighted by Crippen LogP contribution is 2.15. The molecule has 442 valence electrons. The van der Waals surface area contributed by atoms with Crippen molar-refractivity contribution in [3.05, 3.63) is 35.4 Å². The Morgan fingerprint density at radius 1 is 0.494 bits per heavy atom. The van der Waals surface area contributed by atoms with E-state index in [-0.39, 0.29) is 128 Å². The van der Waals surface area contributed by atoms with Crippen molar-refractivity contribution in [2.24, 2.45) is 5.73 Å². The van der Waals surface area contributed by atoms with Gasteiger partial charge in [-0.25, -0.2) is 19.2 Å². The van der Waals surface area contributed by atoms with Crippen molar-refractivity contribution in [2.45, 2.75) is 163 Å². The third-order valence-corrected chi connectivity index (χ3v) is 9.84. The van der Waals surface area contributed by atoms with E-state index >= 15 is 0 Å². The topological polar surface area (TPSA) is 317 Å². The lowest BCUT2D eigenvalue weighted by molar-refractivity contribution is -0.122. The number of nitrogens with one attached hydrogen (secondary N) is 8. The Morgan fingerprint density at radius 3 is 1.13 bits per heavy atom. The third-order valence-electron chi connectivity index (χ3n) is 9.84. The molecule has 1 aromatic rings. The summed E-state index contributed by atoms with van der Waals surface area (Å²) in [5, 5.41) is 22.2. The van der Waals surface area contributed by atoms with E-state index in [1.165, 1.54) is 4.90 Å². The monoisotopic (exact) mass is 1100 g/mol. The van der Waals surface area contributed by atoms with E-state index in [4.69, 9.17) is 34.2 Å². The summed E-state index contributed by atoms with van der Waals surface area (Å²) < 4.78 is 33.8. The molecule has 24 heteroatoms. The van der Waals surface area contributed by atoms with Gasteiger partial charge >= 0.3 is 24.3 Å². The summed E-state index contributed by atoms with van der Waals surface area (Å²) in [5.74, 6) is -1.34. The largest absolute Gasteiger partial charge is 0.444 e. The van der Waals surface area contributed by atoms with Gasteiger partial charge in [0.05, 0.1) is 45.2 Å². The summed E-state index contributed by atoms with van der Waals surface area (Å²) >= 11 is 0. The molecule has 0 aliphatic carbocycles. The maximum absolute atomic E-state index is 14.2. The second-order valence-electron chi connectivity index (χ2n) is 21.6. The molecule has 0 atom stereocenters. The van der Waals surface area contributed by atoms with Crippen LogP contribution in [0.3, 0.4) is 0 Å². The second-order valence-corrected chi connectivity index (χ2v) is 21.6. The summed E-state index contributed by atoms with van der Waals surface area (Å²) in [6, 6.07) is 6.25. The van der Waals surface area contributed by atoms with Gasteiger partial charge in [-0.2, -0.15) is 0 Å². The summed E-state index contributed by atoms with van der Waals surface area (Å²) in [6.45, 7) is 24.3. The molecule has 77 heavy (non-hydrogen) atoms. The van der Waals surface area contributed by atoms with Gasteiger partial charge in [0.15, 0.2) is 0 Å². The Labute approximate surface area is 457 Å². The number of urea groups is 1. The van der Waals surface area contributed by atoms with E-state index in [2.05, 4.69) is 42.5 Å². The molecule has 1 rings (SSSR count). The van der Waals surface area contributed by atoms with E-state index in [1.54, 1.807) is 107 Å². The number of likely N-dealkylation sites (N-methyl/N-ethyl adjacent to an activating group) is 1. The lowest BCUT2D eigenvalue weighted by atomic mass is 10.0. The van der Waals surface area contributed by atoms with Crippen LogP contribution in [0.4, 0.5) is 19.2 Å². The SMILES string of the molecule is CC.CN(CC(C)(C)NC(=O)c1ccc(CN)cc1)C(=O)NC(COCCC(=O)NCCCNC(=O)OC(C)(C)C)(COCCC(=O)NCCCNC(=O)OC(C)(C)C)COCCC(=O)NCCCNC(=O)OC(C)(C)C. The molecule has 0 aromatic heterocycles. The Balaban J connectivity index is 0.0000285. The molecule has 0 aliphatic heterocycles. The highest BCUT2D eigenvalue weighted by atomic mass is 16.6. The number of hydrogen-bond donors (Lipinski definition) is 9. The van der Waals surface area contributed by atoms with Gasteiger partial charge in [0.2, 0.25) is 17.7 Å². The molecule has 0 saturated carbocycles. The molecule has 0 fully saturated rings. The first kappa shape index (κ1) is 71.0. The number of alkyl carbamates (subject to hydrolysis) is 3. The molecule has 24 nitrogen and oxygen atoms in total.